The molecule has 0 amide bonds. The van der Waals surface area contributed by atoms with Crippen LogP contribution in [0.2, 0.25) is 0 Å². The van der Waals surface area contributed by atoms with E-state index >= 15 is 0 Å². The van der Waals surface area contributed by atoms with E-state index in [0.717, 1.165) is 44.3 Å². The van der Waals surface area contributed by atoms with Crippen molar-refractivity contribution in [2.24, 2.45) is 0 Å². The van der Waals surface area contributed by atoms with Crippen LogP contribution in [0.15, 0.2) is 12.3 Å². The maximum atomic E-state index is 5.84. The van der Waals surface area contributed by atoms with Crippen LogP contribution in [0.25, 0.3) is 0 Å². The molecule has 1 aliphatic heterocycles. The zero-order valence-corrected chi connectivity index (χ0v) is 13.2. The van der Waals surface area contributed by atoms with Crippen LogP contribution >= 0.6 is 0 Å². The van der Waals surface area contributed by atoms with Crippen molar-refractivity contribution in [2.45, 2.75) is 32.5 Å². The second-order valence-corrected chi connectivity index (χ2v) is 5.52. The first-order chi connectivity index (χ1) is 10.2. The SMILES string of the molecule is COCCNCc1ccnc(C2CN(C(C)C)CCO2)n1. The average Bonchev–Trinajstić information content (AvgIpc) is 2.52. The molecular weight excluding hydrogens is 268 g/mol. The van der Waals surface area contributed by atoms with Crippen LogP contribution in [0.4, 0.5) is 0 Å². The lowest BCUT2D eigenvalue weighted by atomic mass is 10.2. The molecular formula is C15H26N4O2. The van der Waals surface area contributed by atoms with Crippen molar-refractivity contribution in [3.63, 3.8) is 0 Å². The van der Waals surface area contributed by atoms with E-state index in [1.165, 1.54) is 0 Å². The third-order valence-corrected chi connectivity index (χ3v) is 3.64. The van der Waals surface area contributed by atoms with E-state index in [-0.39, 0.29) is 6.10 Å². The van der Waals surface area contributed by atoms with E-state index in [1.54, 1.807) is 7.11 Å². The highest BCUT2D eigenvalue weighted by atomic mass is 16.5. The minimum absolute atomic E-state index is 0.0277. The fourth-order valence-electron chi connectivity index (χ4n) is 2.35. The first-order valence-corrected chi connectivity index (χ1v) is 7.58. The molecule has 1 unspecified atom stereocenters. The third-order valence-electron chi connectivity index (χ3n) is 3.64. The van der Waals surface area contributed by atoms with Gasteiger partial charge in [0, 0.05) is 45.5 Å². The predicted molar refractivity (Wildman–Crippen MR) is 81.0 cm³/mol. The number of hydrogen-bond acceptors (Lipinski definition) is 6. The predicted octanol–water partition coefficient (Wildman–Crippen LogP) is 0.994. The topological polar surface area (TPSA) is 59.5 Å². The first-order valence-electron chi connectivity index (χ1n) is 7.58. The monoisotopic (exact) mass is 294 g/mol. The van der Waals surface area contributed by atoms with Crippen LogP contribution in [-0.4, -0.2) is 60.9 Å². The quantitative estimate of drug-likeness (QED) is 0.757. The summed E-state index contributed by atoms with van der Waals surface area (Å²) in [4.78, 5) is 11.4. The first kappa shape index (κ1) is 16.3. The average molecular weight is 294 g/mol. The maximum Gasteiger partial charge on any atom is 0.158 e. The van der Waals surface area contributed by atoms with E-state index in [2.05, 4.69) is 34.0 Å². The van der Waals surface area contributed by atoms with Crippen LogP contribution in [-0.2, 0) is 16.0 Å². The molecule has 21 heavy (non-hydrogen) atoms. The summed E-state index contributed by atoms with van der Waals surface area (Å²) < 4.78 is 10.8. The molecule has 0 aliphatic carbocycles. The number of ether oxygens (including phenoxy) is 2. The Morgan fingerprint density at radius 3 is 3.14 bits per heavy atom. The standard InChI is InChI=1S/C15H26N4O2/c1-12(2)19-7-9-21-14(11-19)15-17-5-4-13(18-15)10-16-6-8-20-3/h4-5,12,14,16H,6-11H2,1-3H3. The van der Waals surface area contributed by atoms with Gasteiger partial charge in [-0.05, 0) is 19.9 Å². The van der Waals surface area contributed by atoms with Gasteiger partial charge in [-0.1, -0.05) is 0 Å². The molecule has 1 aromatic heterocycles. The molecule has 2 heterocycles. The highest BCUT2D eigenvalue weighted by Crippen LogP contribution is 2.20. The number of hydrogen-bond donors (Lipinski definition) is 1. The molecule has 0 aromatic carbocycles. The summed E-state index contributed by atoms with van der Waals surface area (Å²) in [5.41, 5.74) is 0.987. The van der Waals surface area contributed by atoms with Gasteiger partial charge in [-0.25, -0.2) is 9.97 Å². The molecule has 0 radical (unpaired) electrons. The van der Waals surface area contributed by atoms with Crippen molar-refractivity contribution in [1.82, 2.24) is 20.2 Å². The smallest absolute Gasteiger partial charge is 0.158 e. The van der Waals surface area contributed by atoms with Gasteiger partial charge in [0.05, 0.1) is 18.9 Å². The third kappa shape index (κ3) is 5.00. The second-order valence-electron chi connectivity index (χ2n) is 5.52. The Morgan fingerprint density at radius 2 is 2.38 bits per heavy atom. The molecule has 0 saturated carbocycles. The molecule has 118 valence electrons. The van der Waals surface area contributed by atoms with Gasteiger partial charge in [-0.15, -0.1) is 0 Å². The number of nitrogens with one attached hydrogen (secondary N) is 1. The van der Waals surface area contributed by atoms with Crippen LogP contribution in [0.1, 0.15) is 31.5 Å². The molecule has 0 spiro atoms. The van der Waals surface area contributed by atoms with E-state index in [0.29, 0.717) is 12.6 Å². The Labute approximate surface area is 126 Å². The molecule has 1 N–H and O–H groups in total. The van der Waals surface area contributed by atoms with Crippen molar-refractivity contribution in [1.29, 1.82) is 0 Å². The van der Waals surface area contributed by atoms with Gasteiger partial charge in [0.2, 0.25) is 0 Å². The number of morpholine rings is 1. The molecule has 1 aromatic rings. The van der Waals surface area contributed by atoms with Crippen LogP contribution in [0, 0.1) is 0 Å². The van der Waals surface area contributed by atoms with E-state index < -0.39 is 0 Å². The number of methoxy groups -OCH3 is 1. The van der Waals surface area contributed by atoms with E-state index in [9.17, 15) is 0 Å². The Bertz CT molecular complexity index is 428. The fourth-order valence-corrected chi connectivity index (χ4v) is 2.35. The van der Waals surface area contributed by atoms with E-state index in [1.807, 2.05) is 12.3 Å². The van der Waals surface area contributed by atoms with Crippen LogP contribution in [0.3, 0.4) is 0 Å². The second kappa shape index (κ2) is 8.38. The largest absolute Gasteiger partial charge is 0.383 e. The Balaban J connectivity index is 1.93. The Kier molecular flexibility index (Phi) is 6.50. The lowest BCUT2D eigenvalue weighted by molar-refractivity contribution is -0.0443. The lowest BCUT2D eigenvalue weighted by Gasteiger charge is -2.34. The van der Waals surface area contributed by atoms with Crippen molar-refractivity contribution < 1.29 is 9.47 Å². The lowest BCUT2D eigenvalue weighted by Crippen LogP contribution is -2.42. The highest BCUT2D eigenvalue weighted by molar-refractivity contribution is 5.05. The van der Waals surface area contributed by atoms with Gasteiger partial charge < -0.3 is 14.8 Å². The number of rotatable bonds is 7. The van der Waals surface area contributed by atoms with Crippen molar-refractivity contribution in [2.75, 3.05) is 40.0 Å². The minimum atomic E-state index is -0.0277. The van der Waals surface area contributed by atoms with Crippen molar-refractivity contribution >= 4 is 0 Å². The Hall–Kier alpha value is -1.08. The van der Waals surface area contributed by atoms with Crippen LogP contribution < -0.4 is 5.32 Å². The van der Waals surface area contributed by atoms with Gasteiger partial charge in [0.15, 0.2) is 5.82 Å². The highest BCUT2D eigenvalue weighted by Gasteiger charge is 2.25. The van der Waals surface area contributed by atoms with Gasteiger partial charge in [-0.3, -0.25) is 4.90 Å². The summed E-state index contributed by atoms with van der Waals surface area (Å²) in [6.07, 6.45) is 1.79. The summed E-state index contributed by atoms with van der Waals surface area (Å²) in [6, 6.07) is 2.46. The molecule has 0 bridgehead atoms. The Morgan fingerprint density at radius 1 is 1.52 bits per heavy atom. The van der Waals surface area contributed by atoms with Gasteiger partial charge in [0.25, 0.3) is 0 Å². The van der Waals surface area contributed by atoms with Crippen molar-refractivity contribution in [3.8, 4) is 0 Å². The summed E-state index contributed by atoms with van der Waals surface area (Å²) in [7, 11) is 1.70. The van der Waals surface area contributed by atoms with Gasteiger partial charge >= 0.3 is 0 Å². The minimum Gasteiger partial charge on any atom is -0.383 e. The van der Waals surface area contributed by atoms with Crippen molar-refractivity contribution in [3.05, 3.63) is 23.8 Å². The summed E-state index contributed by atoms with van der Waals surface area (Å²) in [5, 5.41) is 3.29. The van der Waals surface area contributed by atoms with Crippen LogP contribution in [0.5, 0.6) is 0 Å². The van der Waals surface area contributed by atoms with E-state index in [4.69, 9.17) is 9.47 Å². The molecule has 1 aliphatic rings. The number of nitrogens with zero attached hydrogens (tertiary/aromatic N) is 3. The molecule has 6 nitrogen and oxygen atoms in total. The zero-order valence-electron chi connectivity index (χ0n) is 13.2. The molecule has 1 saturated heterocycles. The zero-order chi connectivity index (χ0) is 15.1. The van der Waals surface area contributed by atoms with Gasteiger partial charge in [-0.2, -0.15) is 0 Å². The molecule has 2 rings (SSSR count). The maximum absolute atomic E-state index is 5.84. The molecule has 1 fully saturated rings. The normalized spacial score (nSPS) is 20.1. The summed E-state index contributed by atoms with van der Waals surface area (Å²) >= 11 is 0. The summed E-state index contributed by atoms with van der Waals surface area (Å²) in [6.45, 7) is 9.23. The molecule has 6 heteroatoms. The number of aromatic nitrogens is 2. The fraction of sp³-hybridized carbons (Fsp3) is 0.733. The van der Waals surface area contributed by atoms with Gasteiger partial charge in [0.1, 0.15) is 6.10 Å². The molecule has 1 atom stereocenters. The summed E-state index contributed by atoms with van der Waals surface area (Å²) in [5.74, 6) is 0.784.